The minimum Gasteiger partial charge on any atom is -0.354 e. The topological polar surface area (TPSA) is 64.7 Å². The van der Waals surface area contributed by atoms with E-state index in [9.17, 15) is 9.59 Å². The molecule has 0 aromatic heterocycles. The van der Waals surface area contributed by atoms with E-state index < -0.39 is 0 Å². The number of benzene rings is 1. The van der Waals surface area contributed by atoms with Crippen LogP contribution < -0.4 is 10.6 Å². The summed E-state index contributed by atoms with van der Waals surface area (Å²) in [6, 6.07) is 10.6. The minimum atomic E-state index is -0.0759. The Balaban J connectivity index is 1.80. The van der Waals surface area contributed by atoms with Gasteiger partial charge in [-0.25, -0.2) is 4.79 Å². The Morgan fingerprint density at radius 3 is 2.50 bits per heavy atom. The summed E-state index contributed by atoms with van der Waals surface area (Å²) in [6.45, 7) is 7.46. The number of hydrogen-bond donors (Lipinski definition) is 2. The van der Waals surface area contributed by atoms with Gasteiger partial charge >= 0.3 is 6.03 Å². The smallest absolute Gasteiger partial charge is 0.317 e. The second-order valence-corrected chi connectivity index (χ2v) is 9.16. The second-order valence-electron chi connectivity index (χ2n) is 9.16. The molecule has 1 aromatic rings. The second kappa shape index (κ2) is 10.8. The van der Waals surface area contributed by atoms with Crippen molar-refractivity contribution in [3.63, 3.8) is 0 Å². The fraction of sp³-hybridized carbons (Fsp3) is 0.667. The standard InChI is InChI=1S/C24H38N4O2/c1-20(2)26-23(30)27-15-9-16-28(19-21-10-5-3-6-11-21)24(12-7-4-8-13-24)18-22(29)25-14-17-27/h3,5-6,10-11,20H,4,7-9,12-19H2,1-2H3,(H,25,29)(H,26,30). The molecule has 166 valence electrons. The quantitative estimate of drug-likeness (QED) is 0.795. The molecule has 1 aromatic carbocycles. The molecule has 2 N–H and O–H groups in total. The highest BCUT2D eigenvalue weighted by Crippen LogP contribution is 2.38. The van der Waals surface area contributed by atoms with Crippen molar-refractivity contribution in [2.24, 2.45) is 0 Å². The van der Waals surface area contributed by atoms with Crippen molar-refractivity contribution in [1.82, 2.24) is 20.4 Å². The third-order valence-corrected chi connectivity index (χ3v) is 6.42. The van der Waals surface area contributed by atoms with Crippen LogP contribution in [0.4, 0.5) is 4.79 Å². The molecule has 1 spiro atoms. The lowest BCUT2D eigenvalue weighted by Crippen LogP contribution is -2.52. The number of nitrogens with one attached hydrogen (secondary N) is 2. The van der Waals surface area contributed by atoms with Crippen LogP contribution in [0, 0.1) is 0 Å². The lowest BCUT2D eigenvalue weighted by atomic mass is 9.77. The van der Waals surface area contributed by atoms with Crippen molar-refractivity contribution in [2.45, 2.75) is 76.9 Å². The van der Waals surface area contributed by atoms with Gasteiger partial charge in [-0.05, 0) is 38.7 Å². The number of amides is 3. The first kappa shape index (κ1) is 22.6. The van der Waals surface area contributed by atoms with Crippen molar-refractivity contribution in [1.29, 1.82) is 0 Å². The van der Waals surface area contributed by atoms with E-state index in [4.69, 9.17) is 0 Å². The van der Waals surface area contributed by atoms with Gasteiger partial charge in [0.1, 0.15) is 0 Å². The van der Waals surface area contributed by atoms with Crippen LogP contribution >= 0.6 is 0 Å². The molecule has 1 aliphatic carbocycles. The van der Waals surface area contributed by atoms with E-state index in [1.165, 1.54) is 24.8 Å². The molecular weight excluding hydrogens is 376 g/mol. The monoisotopic (exact) mass is 414 g/mol. The van der Waals surface area contributed by atoms with Crippen LogP contribution in [0.5, 0.6) is 0 Å². The van der Waals surface area contributed by atoms with Gasteiger partial charge in [0.15, 0.2) is 0 Å². The Morgan fingerprint density at radius 2 is 1.80 bits per heavy atom. The number of rotatable bonds is 3. The number of nitrogens with zero attached hydrogens (tertiary/aromatic N) is 2. The van der Waals surface area contributed by atoms with Gasteiger partial charge in [0, 0.05) is 50.7 Å². The molecule has 2 aliphatic rings. The van der Waals surface area contributed by atoms with Gasteiger partial charge in [-0.1, -0.05) is 49.6 Å². The Kier molecular flexibility index (Phi) is 8.14. The Morgan fingerprint density at radius 1 is 1.07 bits per heavy atom. The summed E-state index contributed by atoms with van der Waals surface area (Å²) in [7, 11) is 0. The predicted molar refractivity (Wildman–Crippen MR) is 120 cm³/mol. The molecule has 0 bridgehead atoms. The van der Waals surface area contributed by atoms with E-state index in [-0.39, 0.29) is 23.5 Å². The van der Waals surface area contributed by atoms with E-state index in [0.29, 0.717) is 26.1 Å². The molecule has 30 heavy (non-hydrogen) atoms. The zero-order valence-corrected chi connectivity index (χ0v) is 18.7. The first-order chi connectivity index (χ1) is 14.5. The highest BCUT2D eigenvalue weighted by molar-refractivity contribution is 5.77. The van der Waals surface area contributed by atoms with E-state index >= 15 is 0 Å². The zero-order chi connectivity index (χ0) is 21.4. The molecule has 0 radical (unpaired) electrons. The summed E-state index contributed by atoms with van der Waals surface area (Å²) >= 11 is 0. The first-order valence-electron chi connectivity index (χ1n) is 11.6. The lowest BCUT2D eigenvalue weighted by Gasteiger charge is -2.46. The molecule has 1 aliphatic heterocycles. The third-order valence-electron chi connectivity index (χ3n) is 6.42. The van der Waals surface area contributed by atoms with Crippen molar-refractivity contribution >= 4 is 11.9 Å². The third kappa shape index (κ3) is 6.21. The Labute approximate surface area is 181 Å². The van der Waals surface area contributed by atoms with Gasteiger partial charge < -0.3 is 15.5 Å². The van der Waals surface area contributed by atoms with Gasteiger partial charge in [-0.2, -0.15) is 0 Å². The van der Waals surface area contributed by atoms with E-state index in [2.05, 4.69) is 39.8 Å². The van der Waals surface area contributed by atoms with Gasteiger partial charge in [0.05, 0.1) is 0 Å². The van der Waals surface area contributed by atoms with E-state index in [0.717, 1.165) is 32.4 Å². The largest absolute Gasteiger partial charge is 0.354 e. The van der Waals surface area contributed by atoms with Gasteiger partial charge in [0.2, 0.25) is 5.91 Å². The predicted octanol–water partition coefficient (Wildman–Crippen LogP) is 3.52. The maximum atomic E-state index is 12.9. The van der Waals surface area contributed by atoms with Crippen LogP contribution in [0.3, 0.4) is 0 Å². The van der Waals surface area contributed by atoms with E-state index in [1.807, 2.05) is 24.8 Å². The molecule has 1 saturated heterocycles. The lowest BCUT2D eigenvalue weighted by molar-refractivity contribution is -0.125. The number of carbonyl (C=O) groups excluding carboxylic acids is 2. The first-order valence-corrected chi connectivity index (χ1v) is 11.6. The van der Waals surface area contributed by atoms with Crippen LogP contribution in [-0.4, -0.2) is 59.5 Å². The van der Waals surface area contributed by atoms with Gasteiger partial charge in [-0.3, -0.25) is 9.69 Å². The normalized spacial score (nSPS) is 21.2. The average molecular weight is 415 g/mol. The molecule has 3 amide bonds. The Bertz CT molecular complexity index is 686. The molecule has 6 nitrogen and oxygen atoms in total. The highest BCUT2D eigenvalue weighted by atomic mass is 16.2. The summed E-state index contributed by atoms with van der Waals surface area (Å²) in [6.07, 6.45) is 7.23. The molecule has 0 unspecified atom stereocenters. The SMILES string of the molecule is CC(C)NC(=O)N1CCCN(Cc2ccccc2)C2(CCCCC2)CC(=O)NCC1. The Hall–Kier alpha value is -2.08. The summed E-state index contributed by atoms with van der Waals surface area (Å²) in [5, 5.41) is 6.08. The zero-order valence-electron chi connectivity index (χ0n) is 18.7. The van der Waals surface area contributed by atoms with Gasteiger partial charge in [0.25, 0.3) is 0 Å². The molecule has 6 heteroatoms. The fourth-order valence-corrected chi connectivity index (χ4v) is 4.90. The maximum Gasteiger partial charge on any atom is 0.317 e. The highest BCUT2D eigenvalue weighted by Gasteiger charge is 2.39. The van der Waals surface area contributed by atoms with Crippen LogP contribution in [0.1, 0.15) is 64.4 Å². The molecule has 0 atom stereocenters. The molecule has 2 fully saturated rings. The molecular formula is C24H38N4O2. The van der Waals surface area contributed by atoms with Crippen molar-refractivity contribution in [3.05, 3.63) is 35.9 Å². The van der Waals surface area contributed by atoms with Crippen molar-refractivity contribution in [3.8, 4) is 0 Å². The van der Waals surface area contributed by atoms with E-state index in [1.54, 1.807) is 0 Å². The van der Waals surface area contributed by atoms with Crippen LogP contribution in [0.2, 0.25) is 0 Å². The maximum absolute atomic E-state index is 12.9. The van der Waals surface area contributed by atoms with Crippen LogP contribution in [0.25, 0.3) is 0 Å². The molecule has 1 saturated carbocycles. The van der Waals surface area contributed by atoms with Crippen LogP contribution in [0.15, 0.2) is 30.3 Å². The van der Waals surface area contributed by atoms with Crippen LogP contribution in [-0.2, 0) is 11.3 Å². The van der Waals surface area contributed by atoms with Gasteiger partial charge in [-0.15, -0.1) is 0 Å². The summed E-state index contributed by atoms with van der Waals surface area (Å²) in [4.78, 5) is 29.9. The number of urea groups is 1. The fourth-order valence-electron chi connectivity index (χ4n) is 4.90. The van der Waals surface area contributed by atoms with Crippen molar-refractivity contribution in [2.75, 3.05) is 26.2 Å². The minimum absolute atomic E-state index is 0.0412. The number of hydrogen-bond acceptors (Lipinski definition) is 3. The average Bonchev–Trinajstić information content (AvgIpc) is 2.74. The summed E-state index contributed by atoms with van der Waals surface area (Å²) in [5.41, 5.74) is 1.21. The van der Waals surface area contributed by atoms with Crippen molar-refractivity contribution < 1.29 is 9.59 Å². The molecule has 1 heterocycles. The summed E-state index contributed by atoms with van der Waals surface area (Å²) < 4.78 is 0. The molecule has 3 rings (SSSR count). The number of carbonyl (C=O) groups is 2. The summed E-state index contributed by atoms with van der Waals surface area (Å²) in [5.74, 6) is 0.112.